The number of halogens is 9. The number of alkyl halides is 9. The first-order valence-electron chi connectivity index (χ1n) is 8.88. The topological polar surface area (TPSA) is 119 Å². The van der Waals surface area contributed by atoms with Gasteiger partial charge >= 0.3 is 18.5 Å². The molecule has 5 nitrogen and oxygen atoms in total. The molecule has 0 aliphatic rings. The van der Waals surface area contributed by atoms with Gasteiger partial charge in [-0.25, -0.2) is 0 Å². The lowest BCUT2D eigenvalue weighted by molar-refractivity contribution is -0.148. The summed E-state index contributed by atoms with van der Waals surface area (Å²) in [5.41, 5.74) is -13.0. The van der Waals surface area contributed by atoms with Gasteiger partial charge in [0.05, 0.1) is 45.5 Å². The lowest BCUT2D eigenvalue weighted by atomic mass is 9.88. The van der Waals surface area contributed by atoms with E-state index in [-0.39, 0.29) is 0 Å². The van der Waals surface area contributed by atoms with Gasteiger partial charge in [-0.3, -0.25) is 0 Å². The maximum Gasteiger partial charge on any atom is 0.417 e. The summed E-state index contributed by atoms with van der Waals surface area (Å²) < 4.78 is 122. The smallest absolute Gasteiger partial charge is 0.192 e. The van der Waals surface area contributed by atoms with Crippen LogP contribution in [0.5, 0.6) is 0 Å². The minimum Gasteiger partial charge on any atom is -0.192 e. The largest absolute Gasteiger partial charge is 0.417 e. The summed E-state index contributed by atoms with van der Waals surface area (Å²) in [6.07, 6.45) is -17.3. The van der Waals surface area contributed by atoms with E-state index in [2.05, 4.69) is 0 Å². The molecule has 0 bridgehead atoms. The van der Waals surface area contributed by atoms with Crippen LogP contribution >= 0.6 is 0 Å². The van der Waals surface area contributed by atoms with Crippen molar-refractivity contribution in [2.24, 2.45) is 0 Å². The molecule has 0 heterocycles. The summed E-state index contributed by atoms with van der Waals surface area (Å²) in [4.78, 5) is 0. The Morgan fingerprint density at radius 2 is 0.972 bits per heavy atom. The highest BCUT2D eigenvalue weighted by atomic mass is 19.4. The molecule has 0 radical (unpaired) electrons. The molecule has 2 aromatic carbocycles. The van der Waals surface area contributed by atoms with Gasteiger partial charge in [0.1, 0.15) is 23.8 Å². The van der Waals surface area contributed by atoms with Crippen molar-refractivity contribution in [2.45, 2.75) is 18.5 Å². The molecule has 0 fully saturated rings. The van der Waals surface area contributed by atoms with Crippen molar-refractivity contribution >= 4 is 11.1 Å². The molecule has 14 heteroatoms. The molecule has 0 aliphatic carbocycles. The predicted octanol–water partition coefficient (Wildman–Crippen LogP) is 4.41. The monoisotopic (exact) mass is 509 g/mol. The molecule has 0 amide bonds. The molecule has 0 aliphatic heterocycles. The van der Waals surface area contributed by atoms with Gasteiger partial charge < -0.3 is 0 Å². The van der Waals surface area contributed by atoms with E-state index < -0.39 is 85.6 Å². The van der Waals surface area contributed by atoms with Crippen molar-refractivity contribution in [1.29, 1.82) is 26.3 Å². The maximum atomic E-state index is 13.7. The van der Waals surface area contributed by atoms with E-state index in [9.17, 15) is 55.3 Å². The molecule has 0 atom stereocenters. The van der Waals surface area contributed by atoms with E-state index in [1.54, 1.807) is 0 Å². The SMILES string of the molecule is N#CC(C#N)=c1cc(C#N)/c(=C(/C#N)c2c(C(F)(F)F)cc(C(F)(F)F)cc2C(F)(F)F)cc1C#N. The van der Waals surface area contributed by atoms with Crippen LogP contribution in [0.15, 0.2) is 24.3 Å². The number of benzene rings is 2. The number of nitrogens with zero attached hydrogens (tertiary/aromatic N) is 5. The molecule has 0 aromatic heterocycles. The Hall–Kier alpha value is -5.00. The first kappa shape index (κ1) is 27.2. The van der Waals surface area contributed by atoms with Crippen LogP contribution in [0.4, 0.5) is 39.5 Å². The average molecular weight is 509 g/mol. The van der Waals surface area contributed by atoms with Gasteiger partial charge in [-0.2, -0.15) is 65.8 Å². The van der Waals surface area contributed by atoms with Crippen molar-refractivity contribution < 1.29 is 39.5 Å². The quantitative estimate of drug-likeness (QED) is 0.528. The van der Waals surface area contributed by atoms with Crippen LogP contribution in [-0.4, -0.2) is 0 Å². The van der Waals surface area contributed by atoms with Crippen LogP contribution in [-0.2, 0) is 18.5 Å². The highest BCUT2D eigenvalue weighted by Crippen LogP contribution is 2.45. The van der Waals surface area contributed by atoms with E-state index >= 15 is 0 Å². The van der Waals surface area contributed by atoms with E-state index in [0.29, 0.717) is 12.1 Å². The maximum absolute atomic E-state index is 13.7. The van der Waals surface area contributed by atoms with E-state index in [1.165, 1.54) is 24.3 Å². The first-order chi connectivity index (χ1) is 16.5. The Morgan fingerprint density at radius 3 is 1.31 bits per heavy atom. The highest BCUT2D eigenvalue weighted by Gasteiger charge is 2.45. The van der Waals surface area contributed by atoms with Crippen LogP contribution in [0.25, 0.3) is 11.1 Å². The zero-order chi connectivity index (χ0) is 27.6. The standard InChI is InChI=1S/C22H4F9N5/c23-20(24,25)13-3-17(21(26,27)28)19(18(4-13)22(29,30)31)16(9-36)15-2-10(5-32)14(1-11(15)6-33)12(7-34)8-35/h1-4H/b16-15-. The fourth-order valence-corrected chi connectivity index (χ4v) is 3.12. The number of hydrogen-bond donors (Lipinski definition) is 0. The third kappa shape index (κ3) is 5.06. The summed E-state index contributed by atoms with van der Waals surface area (Å²) in [7, 11) is 0. The molecule has 2 aromatic rings. The van der Waals surface area contributed by atoms with E-state index in [4.69, 9.17) is 10.5 Å². The lowest BCUT2D eigenvalue weighted by Gasteiger charge is -2.21. The fourth-order valence-electron chi connectivity index (χ4n) is 3.12. The third-order valence-corrected chi connectivity index (χ3v) is 4.60. The average Bonchev–Trinajstić information content (AvgIpc) is 2.78. The molecule has 0 unspecified atom stereocenters. The molecule has 0 spiro atoms. The van der Waals surface area contributed by atoms with Crippen molar-refractivity contribution in [3.8, 4) is 30.3 Å². The van der Waals surface area contributed by atoms with Gasteiger partial charge in [0.2, 0.25) is 0 Å². The van der Waals surface area contributed by atoms with Gasteiger partial charge in [0.15, 0.2) is 0 Å². The summed E-state index contributed by atoms with van der Waals surface area (Å²) in [5.74, 6) is 0. The van der Waals surface area contributed by atoms with Gasteiger partial charge in [0.25, 0.3) is 0 Å². The van der Waals surface area contributed by atoms with Crippen LogP contribution in [0.3, 0.4) is 0 Å². The van der Waals surface area contributed by atoms with Crippen molar-refractivity contribution in [1.82, 2.24) is 0 Å². The molecule has 0 N–H and O–H groups in total. The number of hydrogen-bond acceptors (Lipinski definition) is 5. The van der Waals surface area contributed by atoms with Crippen molar-refractivity contribution in [2.75, 3.05) is 0 Å². The minimum atomic E-state index is -5.83. The Morgan fingerprint density at radius 1 is 0.556 bits per heavy atom. The van der Waals surface area contributed by atoms with Crippen LogP contribution in [0.2, 0.25) is 0 Å². The molecule has 2 rings (SSSR count). The Labute approximate surface area is 194 Å². The second-order valence-electron chi connectivity index (χ2n) is 6.69. The first-order valence-corrected chi connectivity index (χ1v) is 8.88. The van der Waals surface area contributed by atoms with E-state index in [0.717, 1.165) is 6.07 Å². The number of nitriles is 5. The second-order valence-corrected chi connectivity index (χ2v) is 6.69. The van der Waals surface area contributed by atoms with Gasteiger partial charge in [-0.05, 0) is 24.3 Å². The summed E-state index contributed by atoms with van der Waals surface area (Å²) in [6, 6.07) is 6.55. The van der Waals surface area contributed by atoms with E-state index in [1.807, 2.05) is 0 Å². The minimum absolute atomic E-state index is 0.499. The second kappa shape index (κ2) is 9.33. The van der Waals surface area contributed by atoms with Crippen LogP contribution in [0, 0.1) is 56.7 Å². The molecule has 0 saturated heterocycles. The molecule has 180 valence electrons. The van der Waals surface area contributed by atoms with Gasteiger partial charge in [0, 0.05) is 16.0 Å². The Bertz CT molecular complexity index is 1540. The Kier molecular flexibility index (Phi) is 7.06. The highest BCUT2D eigenvalue weighted by molar-refractivity contribution is 5.83. The lowest BCUT2D eigenvalue weighted by Crippen LogP contribution is -2.25. The normalized spacial score (nSPS) is 12.3. The molecule has 0 saturated carbocycles. The predicted molar refractivity (Wildman–Crippen MR) is 99.3 cm³/mol. The molecule has 36 heavy (non-hydrogen) atoms. The summed E-state index contributed by atoms with van der Waals surface area (Å²) in [6.45, 7) is 0. The van der Waals surface area contributed by atoms with Crippen molar-refractivity contribution in [3.63, 3.8) is 0 Å². The van der Waals surface area contributed by atoms with Crippen LogP contribution in [0.1, 0.15) is 33.4 Å². The summed E-state index contributed by atoms with van der Waals surface area (Å²) >= 11 is 0. The molecular formula is C22H4F9N5. The fraction of sp³-hybridized carbons (Fsp3) is 0.136. The zero-order valence-corrected chi connectivity index (χ0v) is 16.9. The van der Waals surface area contributed by atoms with Gasteiger partial charge in [-0.15, -0.1) is 0 Å². The number of rotatable bonds is 1. The van der Waals surface area contributed by atoms with Crippen LogP contribution < -0.4 is 10.4 Å². The summed E-state index contributed by atoms with van der Waals surface area (Å²) in [5, 5.41) is 44.8. The third-order valence-electron chi connectivity index (χ3n) is 4.60. The zero-order valence-electron chi connectivity index (χ0n) is 16.9. The Balaban J connectivity index is 3.40. The van der Waals surface area contributed by atoms with Crippen molar-refractivity contribution in [3.05, 3.63) is 68.1 Å². The van der Waals surface area contributed by atoms with Gasteiger partial charge in [-0.1, -0.05) is 0 Å². The molecular weight excluding hydrogens is 505 g/mol.